The number of rotatable bonds is 2. The average Bonchev–Trinajstić information content (AvgIpc) is 2.31. The van der Waals surface area contributed by atoms with Crippen molar-refractivity contribution in [2.45, 2.75) is 0 Å². The van der Waals surface area contributed by atoms with Gasteiger partial charge in [-0.1, -0.05) is 12.1 Å². The maximum Gasteiger partial charge on any atom is 0.240 e. The van der Waals surface area contributed by atoms with Crippen molar-refractivity contribution < 1.29 is 9.90 Å². The number of carbonyl (C=O) groups excluding carboxylic acids is 1. The van der Waals surface area contributed by atoms with E-state index in [1.54, 1.807) is 42.6 Å². The lowest BCUT2D eigenvalue weighted by molar-refractivity contribution is 0.475. The van der Waals surface area contributed by atoms with Crippen molar-refractivity contribution in [3.63, 3.8) is 0 Å². The molecule has 0 atom stereocenters. The first kappa shape index (κ1) is 10.1. The number of aliphatic imine (C=N–C) groups is 1. The molecule has 2 rings (SSSR count). The van der Waals surface area contributed by atoms with Crippen LogP contribution in [0, 0.1) is 0 Å². The summed E-state index contributed by atoms with van der Waals surface area (Å²) in [5.74, 6) is 0.120. The summed E-state index contributed by atoms with van der Waals surface area (Å²) in [6, 6.07) is 10.0. The van der Waals surface area contributed by atoms with Gasteiger partial charge < -0.3 is 5.11 Å². The zero-order valence-electron chi connectivity index (χ0n) is 8.29. The van der Waals surface area contributed by atoms with Crippen LogP contribution in [0.4, 0.5) is 5.69 Å². The van der Waals surface area contributed by atoms with E-state index in [1.165, 1.54) is 6.08 Å². The fourth-order valence-corrected chi connectivity index (χ4v) is 1.37. The Hall–Kier alpha value is -2.45. The molecule has 16 heavy (non-hydrogen) atoms. The minimum Gasteiger partial charge on any atom is -0.506 e. The highest BCUT2D eigenvalue weighted by Gasteiger charge is 2.04. The Kier molecular flexibility index (Phi) is 2.76. The van der Waals surface area contributed by atoms with Crippen molar-refractivity contribution in [2.24, 2.45) is 4.99 Å². The molecule has 0 unspecified atom stereocenters. The van der Waals surface area contributed by atoms with Gasteiger partial charge in [0.05, 0.1) is 5.69 Å². The minimum atomic E-state index is 0.120. The molecule has 2 aromatic rings. The second kappa shape index (κ2) is 4.38. The predicted molar refractivity (Wildman–Crippen MR) is 59.1 cm³/mol. The smallest absolute Gasteiger partial charge is 0.240 e. The lowest BCUT2D eigenvalue weighted by atomic mass is 10.1. The Morgan fingerprint density at radius 1 is 1.19 bits per heavy atom. The zero-order valence-corrected chi connectivity index (χ0v) is 8.29. The first-order valence-electron chi connectivity index (χ1n) is 4.63. The van der Waals surface area contributed by atoms with E-state index < -0.39 is 0 Å². The van der Waals surface area contributed by atoms with Gasteiger partial charge in [0.2, 0.25) is 6.08 Å². The summed E-state index contributed by atoms with van der Waals surface area (Å²) in [4.78, 5) is 17.6. The summed E-state index contributed by atoms with van der Waals surface area (Å²) in [6.45, 7) is 0. The van der Waals surface area contributed by atoms with E-state index in [-0.39, 0.29) is 5.75 Å². The molecule has 1 N–H and O–H groups in total. The van der Waals surface area contributed by atoms with Gasteiger partial charge in [-0.15, -0.1) is 0 Å². The number of aromatic nitrogens is 1. The molecule has 1 heterocycles. The van der Waals surface area contributed by atoms with E-state index in [1.807, 2.05) is 0 Å². The van der Waals surface area contributed by atoms with Crippen LogP contribution in [0.25, 0.3) is 11.3 Å². The number of benzene rings is 1. The van der Waals surface area contributed by atoms with Gasteiger partial charge in [0.25, 0.3) is 0 Å². The highest BCUT2D eigenvalue weighted by Crippen LogP contribution is 2.27. The zero-order chi connectivity index (χ0) is 11.4. The van der Waals surface area contributed by atoms with E-state index in [0.717, 1.165) is 5.56 Å². The molecule has 0 aliphatic rings. The van der Waals surface area contributed by atoms with E-state index in [4.69, 9.17) is 0 Å². The third-order valence-corrected chi connectivity index (χ3v) is 2.10. The van der Waals surface area contributed by atoms with E-state index >= 15 is 0 Å². The number of aromatic hydroxyl groups is 1. The lowest BCUT2D eigenvalue weighted by Gasteiger charge is -2.02. The van der Waals surface area contributed by atoms with Crippen LogP contribution in [0.1, 0.15) is 0 Å². The van der Waals surface area contributed by atoms with Crippen molar-refractivity contribution in [3.05, 3.63) is 42.6 Å². The van der Waals surface area contributed by atoms with Crippen molar-refractivity contribution in [3.8, 4) is 17.0 Å². The highest BCUT2D eigenvalue weighted by atomic mass is 16.3. The molecule has 0 fully saturated rings. The van der Waals surface area contributed by atoms with E-state index in [9.17, 15) is 9.90 Å². The normalized spacial score (nSPS) is 9.50. The van der Waals surface area contributed by atoms with Crippen LogP contribution in [0.3, 0.4) is 0 Å². The first-order valence-corrected chi connectivity index (χ1v) is 4.63. The van der Waals surface area contributed by atoms with Crippen LogP contribution in [0.15, 0.2) is 47.6 Å². The molecule has 1 aromatic carbocycles. The predicted octanol–water partition coefficient (Wildman–Crippen LogP) is 2.42. The Labute approximate surface area is 91.9 Å². The molecular weight excluding hydrogens is 204 g/mol. The van der Waals surface area contributed by atoms with Gasteiger partial charge in [0, 0.05) is 11.8 Å². The Balaban J connectivity index is 2.42. The Morgan fingerprint density at radius 2 is 1.94 bits per heavy atom. The summed E-state index contributed by atoms with van der Waals surface area (Å²) < 4.78 is 0. The van der Waals surface area contributed by atoms with Crippen LogP contribution in [0.5, 0.6) is 5.75 Å². The summed E-state index contributed by atoms with van der Waals surface area (Å²) >= 11 is 0. The van der Waals surface area contributed by atoms with Gasteiger partial charge in [-0.3, -0.25) is 4.98 Å². The monoisotopic (exact) mass is 212 g/mol. The summed E-state index contributed by atoms with van der Waals surface area (Å²) in [6.07, 6.45) is 3.07. The molecular formula is C12H8N2O2. The summed E-state index contributed by atoms with van der Waals surface area (Å²) in [7, 11) is 0. The fourth-order valence-electron chi connectivity index (χ4n) is 1.37. The average molecular weight is 212 g/mol. The van der Waals surface area contributed by atoms with Crippen LogP contribution >= 0.6 is 0 Å². The Morgan fingerprint density at radius 3 is 2.56 bits per heavy atom. The van der Waals surface area contributed by atoms with Crippen molar-refractivity contribution in [1.29, 1.82) is 0 Å². The summed E-state index contributed by atoms with van der Waals surface area (Å²) in [5, 5.41) is 9.59. The lowest BCUT2D eigenvalue weighted by Crippen LogP contribution is -1.82. The van der Waals surface area contributed by atoms with Crippen LogP contribution in [-0.2, 0) is 4.79 Å². The van der Waals surface area contributed by atoms with Gasteiger partial charge >= 0.3 is 0 Å². The molecule has 0 radical (unpaired) electrons. The number of hydrogen-bond acceptors (Lipinski definition) is 4. The molecule has 0 saturated carbocycles. The maximum atomic E-state index is 10.0. The van der Waals surface area contributed by atoms with E-state index in [2.05, 4.69) is 9.98 Å². The molecule has 0 saturated heterocycles. The largest absolute Gasteiger partial charge is 0.506 e. The highest BCUT2D eigenvalue weighted by molar-refractivity contribution is 5.67. The third-order valence-electron chi connectivity index (χ3n) is 2.10. The maximum absolute atomic E-state index is 10.0. The topological polar surface area (TPSA) is 62.5 Å². The molecule has 0 bridgehead atoms. The standard InChI is InChI=1S/C12H8N2O2/c15-8-14-10-5-3-9(4-6-10)12-11(16)2-1-7-13-12/h1-7,16H. The van der Waals surface area contributed by atoms with Crippen LogP contribution in [-0.4, -0.2) is 16.2 Å². The first-order chi connectivity index (χ1) is 7.81. The number of isocyanates is 1. The second-order valence-electron chi connectivity index (χ2n) is 3.12. The van der Waals surface area contributed by atoms with Crippen LogP contribution < -0.4 is 0 Å². The van der Waals surface area contributed by atoms with Gasteiger partial charge in [0.15, 0.2) is 0 Å². The molecule has 4 heteroatoms. The summed E-state index contributed by atoms with van der Waals surface area (Å²) in [5.41, 5.74) is 1.79. The SMILES string of the molecule is O=C=Nc1ccc(-c2ncccc2O)cc1. The van der Waals surface area contributed by atoms with Gasteiger partial charge in [-0.2, -0.15) is 4.99 Å². The quantitative estimate of drug-likeness (QED) is 0.614. The molecule has 0 amide bonds. The van der Waals surface area contributed by atoms with Gasteiger partial charge in [0.1, 0.15) is 11.4 Å². The molecule has 4 nitrogen and oxygen atoms in total. The number of nitrogens with zero attached hydrogens (tertiary/aromatic N) is 2. The fraction of sp³-hybridized carbons (Fsp3) is 0. The number of hydrogen-bond donors (Lipinski definition) is 1. The number of pyridine rings is 1. The Bertz CT molecular complexity index is 543. The minimum absolute atomic E-state index is 0.120. The van der Waals surface area contributed by atoms with Gasteiger partial charge in [-0.05, 0) is 24.3 Å². The molecule has 78 valence electrons. The molecule has 1 aromatic heterocycles. The van der Waals surface area contributed by atoms with Crippen molar-refractivity contribution in [2.75, 3.05) is 0 Å². The van der Waals surface area contributed by atoms with E-state index in [0.29, 0.717) is 11.4 Å². The van der Waals surface area contributed by atoms with Crippen molar-refractivity contribution >= 4 is 11.8 Å². The van der Waals surface area contributed by atoms with Gasteiger partial charge in [-0.25, -0.2) is 4.79 Å². The van der Waals surface area contributed by atoms with Crippen LogP contribution in [0.2, 0.25) is 0 Å². The molecule has 0 aliphatic heterocycles. The molecule has 0 aliphatic carbocycles. The third kappa shape index (κ3) is 1.97. The van der Waals surface area contributed by atoms with Crippen molar-refractivity contribution in [1.82, 2.24) is 4.98 Å². The molecule has 0 spiro atoms. The second-order valence-corrected chi connectivity index (χ2v) is 3.12.